The molecule has 0 amide bonds. The molecule has 0 aliphatic rings. The van der Waals surface area contributed by atoms with Crippen LogP contribution in [0.15, 0.2) is 60.7 Å². The third-order valence-corrected chi connectivity index (χ3v) is 4.83. The molecule has 0 fully saturated rings. The Hall–Kier alpha value is -4.11. The Morgan fingerprint density at radius 1 is 1.10 bits per heavy atom. The van der Waals surface area contributed by atoms with Gasteiger partial charge in [-0.1, -0.05) is 35.9 Å². The van der Waals surface area contributed by atoms with Crippen molar-refractivity contribution in [1.82, 2.24) is 9.97 Å². The van der Waals surface area contributed by atoms with Crippen LogP contribution in [-0.4, -0.2) is 17.1 Å². The third kappa shape index (κ3) is 4.57. The number of hydrogen-bond donors (Lipinski definition) is 1. The van der Waals surface area contributed by atoms with Crippen LogP contribution in [0.5, 0.6) is 11.5 Å². The van der Waals surface area contributed by atoms with Crippen molar-refractivity contribution in [3.8, 4) is 17.6 Å². The van der Waals surface area contributed by atoms with Gasteiger partial charge in [-0.25, -0.2) is 9.37 Å². The minimum Gasteiger partial charge on any atom is -0.493 e. The summed E-state index contributed by atoms with van der Waals surface area (Å²) in [5.74, 6) is 1.18. The lowest BCUT2D eigenvalue weighted by atomic mass is 10.1. The molecule has 5 nitrogen and oxygen atoms in total. The van der Waals surface area contributed by atoms with Gasteiger partial charge in [-0.15, -0.1) is 0 Å². The summed E-state index contributed by atoms with van der Waals surface area (Å²) in [6.45, 7) is 2.46. The normalized spacial score (nSPS) is 11.4. The molecule has 0 saturated carbocycles. The molecule has 3 aromatic carbocycles. The van der Waals surface area contributed by atoms with Gasteiger partial charge >= 0.3 is 0 Å². The highest BCUT2D eigenvalue weighted by Crippen LogP contribution is 2.30. The number of nitrogens with zero attached hydrogens (tertiary/aromatic N) is 2. The van der Waals surface area contributed by atoms with Gasteiger partial charge in [-0.05, 0) is 54.5 Å². The number of H-pyrrole nitrogens is 1. The van der Waals surface area contributed by atoms with Crippen LogP contribution in [-0.2, 0) is 6.61 Å². The second-order valence-corrected chi connectivity index (χ2v) is 7.10. The molecule has 154 valence electrons. The summed E-state index contributed by atoms with van der Waals surface area (Å²) in [5, 5.41) is 9.62. The van der Waals surface area contributed by atoms with E-state index in [1.807, 2.05) is 43.3 Å². The molecule has 1 heterocycles. The molecule has 0 unspecified atom stereocenters. The van der Waals surface area contributed by atoms with Gasteiger partial charge in [0.15, 0.2) is 11.5 Å². The molecule has 0 aliphatic carbocycles. The van der Waals surface area contributed by atoms with Crippen LogP contribution in [0, 0.1) is 24.1 Å². The van der Waals surface area contributed by atoms with Crippen LogP contribution >= 0.6 is 0 Å². The van der Waals surface area contributed by atoms with Crippen molar-refractivity contribution in [1.29, 1.82) is 5.26 Å². The summed E-state index contributed by atoms with van der Waals surface area (Å²) in [7, 11) is 1.57. The van der Waals surface area contributed by atoms with Gasteiger partial charge < -0.3 is 14.5 Å². The maximum absolute atomic E-state index is 13.4. The average molecular weight is 413 g/mol. The lowest BCUT2D eigenvalue weighted by Crippen LogP contribution is -1.98. The molecule has 6 heteroatoms. The molecule has 4 aromatic rings. The number of rotatable bonds is 6. The van der Waals surface area contributed by atoms with Crippen molar-refractivity contribution in [2.75, 3.05) is 7.11 Å². The molecule has 0 spiro atoms. The highest BCUT2D eigenvalue weighted by Gasteiger charge is 2.11. The minimum atomic E-state index is -0.365. The van der Waals surface area contributed by atoms with E-state index < -0.39 is 0 Å². The first-order valence-corrected chi connectivity index (χ1v) is 9.69. The standard InChI is InChI=1S/C25H20FN3O2/c1-16-3-5-17(6-4-16)15-31-23-10-7-18(12-24(23)30-2)11-19(14-27)25-28-21-9-8-20(26)13-22(21)29-25/h3-13H,15H2,1-2H3,(H,28,29)/b19-11-. The number of allylic oxidation sites excluding steroid dienone is 1. The topological polar surface area (TPSA) is 70.9 Å². The number of methoxy groups -OCH3 is 1. The first-order chi connectivity index (χ1) is 15.1. The van der Waals surface area contributed by atoms with Crippen LogP contribution < -0.4 is 9.47 Å². The van der Waals surface area contributed by atoms with Gasteiger partial charge in [0.25, 0.3) is 0 Å². The van der Waals surface area contributed by atoms with E-state index in [9.17, 15) is 9.65 Å². The molecule has 0 bridgehead atoms. The van der Waals surface area contributed by atoms with E-state index in [4.69, 9.17) is 9.47 Å². The number of nitrogens with one attached hydrogen (secondary N) is 1. The van der Waals surface area contributed by atoms with Gasteiger partial charge in [0.05, 0.1) is 23.7 Å². The van der Waals surface area contributed by atoms with Gasteiger partial charge in [0, 0.05) is 0 Å². The number of nitriles is 1. The first-order valence-electron chi connectivity index (χ1n) is 9.69. The summed E-state index contributed by atoms with van der Waals surface area (Å²) in [4.78, 5) is 7.37. The zero-order valence-corrected chi connectivity index (χ0v) is 17.1. The third-order valence-electron chi connectivity index (χ3n) is 4.83. The number of fused-ring (bicyclic) bond motifs is 1. The molecule has 0 saturated heterocycles. The van der Waals surface area contributed by atoms with Crippen LogP contribution in [0.4, 0.5) is 4.39 Å². The first kappa shape index (κ1) is 20.2. The predicted octanol–water partition coefficient (Wildman–Crippen LogP) is 5.66. The highest BCUT2D eigenvalue weighted by molar-refractivity contribution is 5.90. The number of imidazole rings is 1. The van der Waals surface area contributed by atoms with E-state index in [1.165, 1.54) is 17.7 Å². The fraction of sp³-hybridized carbons (Fsp3) is 0.120. The molecule has 4 rings (SSSR count). The van der Waals surface area contributed by atoms with Gasteiger partial charge in [0.1, 0.15) is 24.3 Å². The van der Waals surface area contributed by atoms with Gasteiger partial charge in [0.2, 0.25) is 0 Å². The number of halogens is 1. The summed E-state index contributed by atoms with van der Waals surface area (Å²) in [6.07, 6.45) is 1.69. The van der Waals surface area contributed by atoms with Gasteiger partial charge in [-0.3, -0.25) is 0 Å². The Labute approximate surface area is 179 Å². The van der Waals surface area contributed by atoms with Crippen molar-refractivity contribution in [2.24, 2.45) is 0 Å². The quantitative estimate of drug-likeness (QED) is 0.414. The zero-order valence-electron chi connectivity index (χ0n) is 17.1. The number of hydrogen-bond acceptors (Lipinski definition) is 4. The van der Waals surface area contributed by atoms with E-state index in [2.05, 4.69) is 16.0 Å². The summed E-state index contributed by atoms with van der Waals surface area (Å²) < 4.78 is 24.8. The monoisotopic (exact) mass is 413 g/mol. The Morgan fingerprint density at radius 3 is 2.65 bits per heavy atom. The molecule has 31 heavy (non-hydrogen) atoms. The molecule has 0 radical (unpaired) electrons. The van der Waals surface area contributed by atoms with Crippen molar-refractivity contribution in [3.63, 3.8) is 0 Å². The second kappa shape index (κ2) is 8.72. The largest absolute Gasteiger partial charge is 0.493 e. The smallest absolute Gasteiger partial charge is 0.161 e. The molecular formula is C25H20FN3O2. The summed E-state index contributed by atoms with van der Waals surface area (Å²) in [6, 6.07) is 20.0. The maximum atomic E-state index is 13.4. The number of aromatic nitrogens is 2. The lowest BCUT2D eigenvalue weighted by Gasteiger charge is -2.11. The highest BCUT2D eigenvalue weighted by atomic mass is 19.1. The average Bonchev–Trinajstić information content (AvgIpc) is 3.20. The summed E-state index contributed by atoms with van der Waals surface area (Å²) >= 11 is 0. The minimum absolute atomic E-state index is 0.326. The van der Waals surface area contributed by atoms with Crippen molar-refractivity contribution < 1.29 is 13.9 Å². The van der Waals surface area contributed by atoms with Crippen molar-refractivity contribution in [3.05, 3.63) is 89.0 Å². The van der Waals surface area contributed by atoms with E-state index in [0.29, 0.717) is 40.5 Å². The zero-order chi connectivity index (χ0) is 21.8. The maximum Gasteiger partial charge on any atom is 0.161 e. The number of ether oxygens (including phenoxy) is 2. The van der Waals surface area contributed by atoms with Crippen LogP contribution in [0.2, 0.25) is 0 Å². The van der Waals surface area contributed by atoms with E-state index in [-0.39, 0.29) is 5.82 Å². The Morgan fingerprint density at radius 2 is 1.90 bits per heavy atom. The van der Waals surface area contributed by atoms with E-state index in [0.717, 1.165) is 11.1 Å². The van der Waals surface area contributed by atoms with Crippen molar-refractivity contribution in [2.45, 2.75) is 13.5 Å². The Balaban J connectivity index is 1.58. The lowest BCUT2D eigenvalue weighted by molar-refractivity contribution is 0.284. The number of aromatic amines is 1. The SMILES string of the molecule is COc1cc(/C=C(/C#N)c2nc3ccc(F)cc3[nH]2)ccc1OCc1ccc(C)cc1. The van der Waals surface area contributed by atoms with Crippen LogP contribution in [0.25, 0.3) is 22.7 Å². The summed E-state index contributed by atoms with van der Waals surface area (Å²) in [5.41, 5.74) is 4.46. The predicted molar refractivity (Wildman–Crippen MR) is 118 cm³/mol. The van der Waals surface area contributed by atoms with Crippen LogP contribution in [0.3, 0.4) is 0 Å². The second-order valence-electron chi connectivity index (χ2n) is 7.10. The van der Waals surface area contributed by atoms with E-state index in [1.54, 1.807) is 25.3 Å². The fourth-order valence-electron chi connectivity index (χ4n) is 3.17. The molecule has 1 aromatic heterocycles. The Kier molecular flexibility index (Phi) is 5.67. The number of benzene rings is 3. The molecule has 1 N–H and O–H groups in total. The molecule has 0 atom stereocenters. The van der Waals surface area contributed by atoms with Gasteiger partial charge in [-0.2, -0.15) is 5.26 Å². The molecular weight excluding hydrogens is 393 g/mol. The van der Waals surface area contributed by atoms with E-state index >= 15 is 0 Å². The van der Waals surface area contributed by atoms with Crippen molar-refractivity contribution >= 4 is 22.7 Å². The fourth-order valence-corrected chi connectivity index (χ4v) is 3.17. The number of aryl methyl sites for hydroxylation is 1. The molecule has 0 aliphatic heterocycles. The Bertz CT molecular complexity index is 1300. The van der Waals surface area contributed by atoms with Crippen LogP contribution in [0.1, 0.15) is 22.5 Å².